The predicted octanol–water partition coefficient (Wildman–Crippen LogP) is 2.70. The number of hydrogen-bond donors (Lipinski definition) is 0. The van der Waals surface area contributed by atoms with E-state index in [4.69, 9.17) is 13.6 Å². The number of nitrogens with zero attached hydrogens (tertiary/aromatic N) is 3. The van der Waals surface area contributed by atoms with Gasteiger partial charge in [0.1, 0.15) is 17.2 Å². The van der Waals surface area contributed by atoms with Gasteiger partial charge in [0, 0.05) is 6.20 Å². The van der Waals surface area contributed by atoms with Crippen molar-refractivity contribution < 1.29 is 18.4 Å². The molecule has 3 rings (SSSR count). The lowest BCUT2D eigenvalue weighted by atomic mass is 10.2. The molecule has 7 nitrogen and oxygen atoms in total. The zero-order valence-corrected chi connectivity index (χ0v) is 12.1. The molecule has 3 aromatic heterocycles. The fourth-order valence-electron chi connectivity index (χ4n) is 1.95. The third-order valence-electron chi connectivity index (χ3n) is 2.94. The fraction of sp³-hybridized carbons (Fsp3) is 0.200. The Morgan fingerprint density at radius 3 is 2.77 bits per heavy atom. The van der Waals surface area contributed by atoms with Gasteiger partial charge in [-0.1, -0.05) is 6.07 Å². The molecule has 22 heavy (non-hydrogen) atoms. The van der Waals surface area contributed by atoms with Gasteiger partial charge < -0.3 is 13.6 Å². The average molecular weight is 299 g/mol. The van der Waals surface area contributed by atoms with Crippen molar-refractivity contribution in [3.8, 4) is 11.5 Å². The van der Waals surface area contributed by atoms with Crippen LogP contribution in [0.3, 0.4) is 0 Å². The van der Waals surface area contributed by atoms with Crippen LogP contribution in [0.1, 0.15) is 27.9 Å². The maximum atomic E-state index is 11.8. The van der Waals surface area contributed by atoms with Crippen molar-refractivity contribution in [3.05, 3.63) is 53.6 Å². The summed E-state index contributed by atoms with van der Waals surface area (Å²) in [5, 5.41) is 7.78. The minimum Gasteiger partial charge on any atom is -0.466 e. The maximum absolute atomic E-state index is 11.8. The Hall–Kier alpha value is -2.96. The Bertz CT molecular complexity index is 792. The Kier molecular flexibility index (Phi) is 3.69. The van der Waals surface area contributed by atoms with E-state index in [2.05, 4.69) is 15.2 Å². The number of aryl methyl sites for hydroxylation is 2. The second kappa shape index (κ2) is 5.80. The smallest absolute Gasteiger partial charge is 0.357 e. The Labute approximate surface area is 125 Å². The van der Waals surface area contributed by atoms with Crippen molar-refractivity contribution in [1.82, 2.24) is 15.2 Å². The lowest BCUT2D eigenvalue weighted by Crippen LogP contribution is -2.07. The number of carbonyl (C=O) groups is 1. The van der Waals surface area contributed by atoms with Crippen LogP contribution in [0.15, 0.2) is 39.3 Å². The van der Waals surface area contributed by atoms with E-state index in [0.717, 1.165) is 11.3 Å². The van der Waals surface area contributed by atoms with Gasteiger partial charge in [-0.05, 0) is 32.0 Å². The van der Waals surface area contributed by atoms with Gasteiger partial charge in [-0.3, -0.25) is 0 Å². The Balaban J connectivity index is 1.68. The molecular formula is C15H13N3O4. The van der Waals surface area contributed by atoms with Crippen molar-refractivity contribution in [1.29, 1.82) is 0 Å². The first-order valence-corrected chi connectivity index (χ1v) is 6.61. The van der Waals surface area contributed by atoms with E-state index in [0.29, 0.717) is 11.7 Å². The van der Waals surface area contributed by atoms with Crippen molar-refractivity contribution in [3.63, 3.8) is 0 Å². The van der Waals surface area contributed by atoms with Gasteiger partial charge in [-0.15, -0.1) is 10.2 Å². The summed E-state index contributed by atoms with van der Waals surface area (Å²) in [6.45, 7) is 3.54. The number of aromatic nitrogens is 3. The highest BCUT2D eigenvalue weighted by atomic mass is 16.5. The molecule has 0 saturated carbocycles. The molecule has 0 unspecified atom stereocenters. The lowest BCUT2D eigenvalue weighted by molar-refractivity contribution is 0.0431. The van der Waals surface area contributed by atoms with E-state index in [-0.39, 0.29) is 18.2 Å². The first-order valence-electron chi connectivity index (χ1n) is 6.61. The molecule has 7 heteroatoms. The summed E-state index contributed by atoms with van der Waals surface area (Å²) >= 11 is 0. The van der Waals surface area contributed by atoms with Crippen LogP contribution in [-0.2, 0) is 11.3 Å². The second-order valence-electron chi connectivity index (χ2n) is 4.62. The number of rotatable bonds is 4. The third-order valence-corrected chi connectivity index (χ3v) is 2.94. The van der Waals surface area contributed by atoms with E-state index in [1.165, 1.54) is 6.20 Å². The highest BCUT2D eigenvalue weighted by Crippen LogP contribution is 2.25. The summed E-state index contributed by atoms with van der Waals surface area (Å²) in [6.07, 6.45) is 1.52. The molecule has 0 aliphatic rings. The third kappa shape index (κ3) is 2.88. The fourth-order valence-corrected chi connectivity index (χ4v) is 1.95. The molecule has 0 aromatic carbocycles. The quantitative estimate of drug-likeness (QED) is 0.684. The molecule has 0 amide bonds. The zero-order valence-electron chi connectivity index (χ0n) is 12.1. The van der Waals surface area contributed by atoms with E-state index < -0.39 is 5.97 Å². The first kappa shape index (κ1) is 14.0. The molecule has 3 heterocycles. The Morgan fingerprint density at radius 2 is 2.09 bits per heavy atom. The van der Waals surface area contributed by atoms with Gasteiger partial charge in [0.05, 0.1) is 5.56 Å². The van der Waals surface area contributed by atoms with Gasteiger partial charge >= 0.3 is 5.97 Å². The van der Waals surface area contributed by atoms with Gasteiger partial charge in [0.2, 0.25) is 0 Å². The standard InChI is InChI=1S/C15H13N3O4/c1-9-7-11(10(2)21-9)14-18-17-13(22-14)8-20-15(19)12-5-3-4-6-16-12/h3-7H,8H2,1-2H3. The molecule has 3 aromatic rings. The van der Waals surface area contributed by atoms with E-state index >= 15 is 0 Å². The van der Waals surface area contributed by atoms with Crippen molar-refractivity contribution in [2.24, 2.45) is 0 Å². The average Bonchev–Trinajstić information content (AvgIpc) is 3.12. The number of ether oxygens (including phenoxy) is 1. The molecule has 0 aliphatic heterocycles. The largest absolute Gasteiger partial charge is 0.466 e. The van der Waals surface area contributed by atoms with Crippen molar-refractivity contribution in [2.45, 2.75) is 20.5 Å². The van der Waals surface area contributed by atoms with E-state index in [1.54, 1.807) is 18.2 Å². The highest BCUT2D eigenvalue weighted by Gasteiger charge is 2.16. The van der Waals surface area contributed by atoms with Crippen LogP contribution < -0.4 is 0 Å². The van der Waals surface area contributed by atoms with Crippen LogP contribution in [0.4, 0.5) is 0 Å². The van der Waals surface area contributed by atoms with Gasteiger partial charge in [0.15, 0.2) is 6.61 Å². The SMILES string of the molecule is Cc1cc(-c2nnc(COC(=O)c3ccccn3)o2)c(C)o1. The Morgan fingerprint density at radius 1 is 1.23 bits per heavy atom. The molecule has 0 aliphatic carbocycles. The summed E-state index contributed by atoms with van der Waals surface area (Å²) in [5.41, 5.74) is 0.954. The van der Waals surface area contributed by atoms with E-state index in [1.807, 2.05) is 19.9 Å². The van der Waals surface area contributed by atoms with Crippen LogP contribution in [0, 0.1) is 13.8 Å². The van der Waals surface area contributed by atoms with Gasteiger partial charge in [-0.25, -0.2) is 9.78 Å². The number of furan rings is 1. The maximum Gasteiger partial charge on any atom is 0.357 e. The number of carbonyl (C=O) groups excluding carboxylic acids is 1. The van der Waals surface area contributed by atoms with Crippen LogP contribution in [0.2, 0.25) is 0 Å². The molecule has 0 fully saturated rings. The molecule has 112 valence electrons. The topological polar surface area (TPSA) is 91.2 Å². The van der Waals surface area contributed by atoms with Gasteiger partial charge in [0.25, 0.3) is 11.8 Å². The molecule has 0 bridgehead atoms. The molecule has 0 N–H and O–H groups in total. The molecule has 0 radical (unpaired) electrons. The molecule has 0 spiro atoms. The number of hydrogen-bond acceptors (Lipinski definition) is 7. The van der Waals surface area contributed by atoms with Crippen LogP contribution in [-0.4, -0.2) is 21.2 Å². The summed E-state index contributed by atoms with van der Waals surface area (Å²) in [6, 6.07) is 6.81. The first-order chi connectivity index (χ1) is 10.6. The number of esters is 1. The summed E-state index contributed by atoms with van der Waals surface area (Å²) < 4.78 is 16.0. The van der Waals surface area contributed by atoms with Crippen molar-refractivity contribution in [2.75, 3.05) is 0 Å². The molecular weight excluding hydrogens is 286 g/mol. The molecule has 0 saturated heterocycles. The minimum absolute atomic E-state index is 0.113. The monoisotopic (exact) mass is 299 g/mol. The predicted molar refractivity (Wildman–Crippen MR) is 74.8 cm³/mol. The van der Waals surface area contributed by atoms with E-state index in [9.17, 15) is 4.79 Å². The summed E-state index contributed by atoms with van der Waals surface area (Å²) in [4.78, 5) is 15.7. The minimum atomic E-state index is -0.546. The second-order valence-corrected chi connectivity index (χ2v) is 4.62. The highest BCUT2D eigenvalue weighted by molar-refractivity contribution is 5.86. The summed E-state index contributed by atoms with van der Waals surface area (Å²) in [7, 11) is 0. The van der Waals surface area contributed by atoms with Crippen LogP contribution in [0.5, 0.6) is 0 Å². The number of pyridine rings is 1. The lowest BCUT2D eigenvalue weighted by Gasteiger charge is -2.00. The molecule has 0 atom stereocenters. The van der Waals surface area contributed by atoms with Crippen molar-refractivity contribution >= 4 is 5.97 Å². The normalized spacial score (nSPS) is 10.6. The van der Waals surface area contributed by atoms with Gasteiger partial charge in [-0.2, -0.15) is 0 Å². The zero-order chi connectivity index (χ0) is 15.5. The van der Waals surface area contributed by atoms with Crippen LogP contribution >= 0.6 is 0 Å². The van der Waals surface area contributed by atoms with Crippen LogP contribution in [0.25, 0.3) is 11.5 Å². The summed E-state index contributed by atoms with van der Waals surface area (Å²) in [5.74, 6) is 1.44.